The molecule has 0 aliphatic heterocycles. The molecule has 10 heteroatoms. The normalized spacial score (nSPS) is 13.6. The van der Waals surface area contributed by atoms with Gasteiger partial charge in [0.25, 0.3) is 0 Å². The zero-order chi connectivity index (χ0) is 29.7. The number of alkyl halides is 3. The van der Waals surface area contributed by atoms with Crippen LogP contribution in [-0.2, 0) is 10.2 Å². The van der Waals surface area contributed by atoms with Crippen LogP contribution in [0.4, 0.5) is 34.6 Å². The van der Waals surface area contributed by atoms with Crippen molar-refractivity contribution in [1.82, 2.24) is 4.90 Å². The molecule has 0 spiro atoms. The molecule has 0 bridgehead atoms. The van der Waals surface area contributed by atoms with E-state index in [0.717, 1.165) is 5.69 Å². The number of aliphatic hydroxyl groups excluding tert-OH is 1. The number of anilines is 3. The fourth-order valence-electron chi connectivity index (χ4n) is 4.61. The molecule has 1 unspecified atom stereocenters. The largest absolute Gasteiger partial charge is 0.404 e. The maximum Gasteiger partial charge on any atom is 0.404 e. The molecule has 0 saturated carbocycles. The number of hydrazine groups is 1. The van der Waals surface area contributed by atoms with E-state index >= 15 is 13.2 Å². The van der Waals surface area contributed by atoms with Crippen LogP contribution in [-0.4, -0.2) is 64.2 Å². The van der Waals surface area contributed by atoms with Crippen molar-refractivity contribution < 1.29 is 27.4 Å². The van der Waals surface area contributed by atoms with Gasteiger partial charge in [-0.2, -0.15) is 13.2 Å². The Morgan fingerprint density at radius 3 is 2.05 bits per heavy atom. The number of aryl methyl sites for hydroxylation is 1. The van der Waals surface area contributed by atoms with Crippen molar-refractivity contribution in [2.75, 3.05) is 57.9 Å². The fourth-order valence-corrected chi connectivity index (χ4v) is 4.61. The van der Waals surface area contributed by atoms with Crippen LogP contribution in [0.15, 0.2) is 72.9 Å². The number of rotatable bonds is 11. The van der Waals surface area contributed by atoms with E-state index in [1.807, 2.05) is 11.9 Å². The molecular formula is C30H36F4N4O2. The van der Waals surface area contributed by atoms with Crippen LogP contribution in [0.25, 0.3) is 5.57 Å². The average molecular weight is 561 g/mol. The Labute approximate surface area is 232 Å². The van der Waals surface area contributed by atoms with Gasteiger partial charge in [-0.15, -0.1) is 0 Å². The molecule has 3 aromatic rings. The molecule has 3 N–H and O–H groups in total. The SMILES string of the molecule is COCCN(C)c1ccc(/C(=C\N(C)C)C(CO)(c2ccc(N(N)c3ccc(F)cc3)c(C)c2)C(F)(F)F)cc1. The first-order valence-electron chi connectivity index (χ1n) is 12.6. The van der Waals surface area contributed by atoms with E-state index in [1.54, 1.807) is 52.4 Å². The predicted octanol–water partition coefficient (Wildman–Crippen LogP) is 5.62. The number of nitrogens with two attached hydrogens (primary N) is 1. The molecule has 0 aliphatic rings. The van der Waals surface area contributed by atoms with Crippen molar-refractivity contribution in [1.29, 1.82) is 0 Å². The van der Waals surface area contributed by atoms with Gasteiger partial charge in [-0.1, -0.05) is 24.3 Å². The van der Waals surface area contributed by atoms with Gasteiger partial charge in [0.05, 0.1) is 24.6 Å². The number of nitrogens with zero attached hydrogens (tertiary/aromatic N) is 3. The second kappa shape index (κ2) is 12.7. The molecule has 0 saturated heterocycles. The summed E-state index contributed by atoms with van der Waals surface area (Å²) < 4.78 is 64.0. The third-order valence-corrected chi connectivity index (χ3v) is 6.87. The van der Waals surface area contributed by atoms with Crippen molar-refractivity contribution in [3.8, 4) is 0 Å². The van der Waals surface area contributed by atoms with Gasteiger partial charge in [0, 0.05) is 46.7 Å². The number of hydrogen-bond donors (Lipinski definition) is 2. The molecule has 0 aliphatic carbocycles. The van der Waals surface area contributed by atoms with E-state index in [4.69, 9.17) is 10.6 Å². The Morgan fingerprint density at radius 1 is 0.950 bits per heavy atom. The Bertz CT molecular complexity index is 1290. The highest BCUT2D eigenvalue weighted by Gasteiger charge is 2.58. The van der Waals surface area contributed by atoms with Crippen LogP contribution in [0, 0.1) is 12.7 Å². The van der Waals surface area contributed by atoms with E-state index in [1.165, 1.54) is 58.6 Å². The van der Waals surface area contributed by atoms with Gasteiger partial charge in [-0.3, -0.25) is 5.01 Å². The molecule has 1 atom stereocenters. The maximum absolute atomic E-state index is 15.2. The van der Waals surface area contributed by atoms with Gasteiger partial charge in [-0.25, -0.2) is 10.2 Å². The first-order chi connectivity index (χ1) is 18.8. The molecule has 3 aromatic carbocycles. The Morgan fingerprint density at radius 2 is 1.55 bits per heavy atom. The van der Waals surface area contributed by atoms with E-state index in [0.29, 0.717) is 35.7 Å². The van der Waals surface area contributed by atoms with Crippen LogP contribution in [0.3, 0.4) is 0 Å². The molecule has 40 heavy (non-hydrogen) atoms. The van der Waals surface area contributed by atoms with Crippen molar-refractivity contribution in [3.63, 3.8) is 0 Å². The van der Waals surface area contributed by atoms with Gasteiger partial charge < -0.3 is 19.6 Å². The quantitative estimate of drug-likeness (QED) is 0.180. The van der Waals surface area contributed by atoms with Gasteiger partial charge >= 0.3 is 6.18 Å². The minimum atomic E-state index is -4.86. The van der Waals surface area contributed by atoms with E-state index in [-0.39, 0.29) is 11.1 Å². The lowest BCUT2D eigenvalue weighted by Crippen LogP contribution is -2.47. The van der Waals surface area contributed by atoms with Crippen LogP contribution in [0.2, 0.25) is 0 Å². The summed E-state index contributed by atoms with van der Waals surface area (Å²) in [7, 11) is 6.74. The van der Waals surface area contributed by atoms with Gasteiger partial charge in [0.1, 0.15) is 11.2 Å². The summed E-state index contributed by atoms with van der Waals surface area (Å²) in [5, 5.41) is 11.8. The lowest BCUT2D eigenvalue weighted by Gasteiger charge is -2.38. The number of halogens is 4. The molecule has 6 nitrogen and oxygen atoms in total. The highest BCUT2D eigenvalue weighted by molar-refractivity contribution is 5.78. The number of benzene rings is 3. The predicted molar refractivity (Wildman–Crippen MR) is 152 cm³/mol. The summed E-state index contributed by atoms with van der Waals surface area (Å²) in [4.78, 5) is 3.47. The third kappa shape index (κ3) is 6.41. The number of methoxy groups -OCH3 is 1. The third-order valence-electron chi connectivity index (χ3n) is 6.87. The van der Waals surface area contributed by atoms with Gasteiger partial charge in [-0.05, 0) is 71.7 Å². The highest BCUT2D eigenvalue weighted by atomic mass is 19.4. The summed E-state index contributed by atoms with van der Waals surface area (Å²) in [6.07, 6.45) is -3.46. The summed E-state index contributed by atoms with van der Waals surface area (Å²) in [5.41, 5.74) is -0.492. The van der Waals surface area contributed by atoms with Crippen molar-refractivity contribution >= 4 is 22.6 Å². The molecule has 0 fully saturated rings. The Kier molecular flexibility index (Phi) is 9.83. The first-order valence-corrected chi connectivity index (χ1v) is 12.6. The second-order valence-corrected chi connectivity index (χ2v) is 9.88. The lowest BCUT2D eigenvalue weighted by atomic mass is 9.71. The average Bonchev–Trinajstić information content (AvgIpc) is 2.91. The summed E-state index contributed by atoms with van der Waals surface area (Å²) in [5.74, 6) is 5.81. The number of aliphatic hydroxyl groups is 1. The smallest absolute Gasteiger partial charge is 0.395 e. The molecule has 0 aromatic heterocycles. The van der Waals surface area contributed by atoms with E-state index < -0.39 is 24.0 Å². The minimum Gasteiger partial charge on any atom is -0.395 e. The molecule has 0 heterocycles. The maximum atomic E-state index is 15.2. The van der Waals surface area contributed by atoms with Crippen molar-refractivity contribution in [2.45, 2.75) is 18.5 Å². The molecular weight excluding hydrogens is 524 g/mol. The van der Waals surface area contributed by atoms with Crippen LogP contribution in [0.5, 0.6) is 0 Å². The highest BCUT2D eigenvalue weighted by Crippen LogP contribution is 2.51. The molecule has 216 valence electrons. The van der Waals surface area contributed by atoms with Crippen molar-refractivity contribution in [3.05, 3.63) is 95.4 Å². The van der Waals surface area contributed by atoms with E-state index in [2.05, 4.69) is 0 Å². The topological polar surface area (TPSA) is 65.2 Å². The molecule has 3 rings (SSSR count). The minimum absolute atomic E-state index is 0.103. The number of hydrogen-bond acceptors (Lipinski definition) is 6. The van der Waals surface area contributed by atoms with Crippen LogP contribution < -0.4 is 15.8 Å². The van der Waals surface area contributed by atoms with Gasteiger partial charge in [0.2, 0.25) is 0 Å². The van der Waals surface area contributed by atoms with Gasteiger partial charge in [0.15, 0.2) is 0 Å². The number of ether oxygens (including phenoxy) is 1. The zero-order valence-electron chi connectivity index (χ0n) is 23.3. The first kappa shape index (κ1) is 30.9. The monoisotopic (exact) mass is 560 g/mol. The lowest BCUT2D eigenvalue weighted by molar-refractivity contribution is -0.181. The molecule has 0 radical (unpaired) electrons. The summed E-state index contributed by atoms with van der Waals surface area (Å²) >= 11 is 0. The van der Waals surface area contributed by atoms with E-state index in [9.17, 15) is 9.50 Å². The zero-order valence-corrected chi connectivity index (χ0v) is 23.3. The second-order valence-electron chi connectivity index (χ2n) is 9.88. The standard InChI is InChI=1S/C30H36F4N4O2/c1-21-18-23(8-15-28(21)38(35)26-13-9-24(31)10-14-26)29(20-39,30(32,33)34)27(19-36(2)3)22-6-11-25(12-7-22)37(4)16-17-40-5/h6-15,18-19,39H,16-17,20,35H2,1-5H3/b27-19+. The Balaban J connectivity index is 2.14. The molecule has 0 amide bonds. The summed E-state index contributed by atoms with van der Waals surface area (Å²) in [6, 6.07) is 16.4. The number of likely N-dealkylation sites (N-methyl/N-ethyl adjacent to an activating group) is 1. The van der Waals surface area contributed by atoms with Crippen molar-refractivity contribution in [2.24, 2.45) is 5.84 Å². The van der Waals surface area contributed by atoms with Crippen LogP contribution >= 0.6 is 0 Å². The fraction of sp³-hybridized carbons (Fsp3) is 0.333. The Hall–Kier alpha value is -3.60. The van der Waals surface area contributed by atoms with Crippen LogP contribution in [0.1, 0.15) is 16.7 Å². The summed E-state index contributed by atoms with van der Waals surface area (Å²) in [6.45, 7) is 1.54.